The maximum atomic E-state index is 12.4. The van der Waals surface area contributed by atoms with Gasteiger partial charge in [-0.2, -0.15) is 5.10 Å². The number of carbonyl (C=O) groups excluding carboxylic acids is 1. The largest absolute Gasteiger partial charge is 0.348 e. The van der Waals surface area contributed by atoms with E-state index in [1.165, 1.54) is 25.7 Å². The maximum absolute atomic E-state index is 12.4. The highest BCUT2D eigenvalue weighted by Crippen LogP contribution is 2.27. The number of nitrogens with one attached hydrogen (secondary N) is 2. The Morgan fingerprint density at radius 1 is 1.09 bits per heavy atom. The number of amides is 1. The third-order valence-corrected chi connectivity index (χ3v) is 4.97. The molecule has 0 spiro atoms. The van der Waals surface area contributed by atoms with Crippen LogP contribution in [0.5, 0.6) is 0 Å². The van der Waals surface area contributed by atoms with Gasteiger partial charge in [0.1, 0.15) is 5.69 Å². The zero-order valence-corrected chi connectivity index (χ0v) is 14.3. The van der Waals surface area contributed by atoms with Crippen LogP contribution in [0.25, 0.3) is 11.3 Å². The van der Waals surface area contributed by atoms with E-state index in [2.05, 4.69) is 15.5 Å². The lowest BCUT2D eigenvalue weighted by atomic mass is 10.1. The molecule has 0 unspecified atom stereocenters. The Morgan fingerprint density at radius 2 is 1.83 bits per heavy atom. The minimum atomic E-state index is -0.101. The maximum Gasteiger partial charge on any atom is 0.269 e. The van der Waals surface area contributed by atoms with E-state index in [1.54, 1.807) is 18.2 Å². The van der Waals surface area contributed by atoms with Gasteiger partial charge >= 0.3 is 0 Å². The van der Waals surface area contributed by atoms with Crippen molar-refractivity contribution in [1.82, 2.24) is 15.5 Å². The molecule has 1 amide bonds. The third kappa shape index (κ3) is 4.06. The van der Waals surface area contributed by atoms with E-state index in [0.717, 1.165) is 18.4 Å². The summed E-state index contributed by atoms with van der Waals surface area (Å²) in [5.74, 6) is -0.101. The standard InChI is InChI=1S/C17H19Cl2N3O/c18-13-8-7-11(9-14(13)19)15-10-16(22-21-15)17(23)20-12-5-3-1-2-4-6-12/h7-10,12H,1-6H2,(H,20,23)(H,21,22). The molecular weight excluding hydrogens is 333 g/mol. The molecule has 1 aliphatic carbocycles. The first-order valence-corrected chi connectivity index (χ1v) is 8.71. The molecule has 2 N–H and O–H groups in total. The van der Waals surface area contributed by atoms with Gasteiger partial charge in [0.05, 0.1) is 15.7 Å². The lowest BCUT2D eigenvalue weighted by Crippen LogP contribution is -2.34. The quantitative estimate of drug-likeness (QED) is 0.777. The predicted octanol–water partition coefficient (Wildman–Crippen LogP) is 4.84. The van der Waals surface area contributed by atoms with E-state index in [9.17, 15) is 4.79 Å². The van der Waals surface area contributed by atoms with E-state index in [4.69, 9.17) is 23.2 Å². The number of aromatic amines is 1. The molecule has 122 valence electrons. The summed E-state index contributed by atoms with van der Waals surface area (Å²) in [6, 6.07) is 7.30. The fourth-order valence-corrected chi connectivity index (χ4v) is 3.23. The minimum Gasteiger partial charge on any atom is -0.348 e. The van der Waals surface area contributed by atoms with Gasteiger partial charge in [0.15, 0.2) is 0 Å². The summed E-state index contributed by atoms with van der Waals surface area (Å²) in [5, 5.41) is 11.1. The van der Waals surface area contributed by atoms with Gasteiger partial charge in [-0.1, -0.05) is 55.0 Å². The molecular formula is C17H19Cl2N3O. The highest BCUT2D eigenvalue weighted by molar-refractivity contribution is 6.42. The topological polar surface area (TPSA) is 57.8 Å². The Hall–Kier alpha value is -1.52. The van der Waals surface area contributed by atoms with Crippen molar-refractivity contribution in [2.45, 2.75) is 44.6 Å². The fraction of sp³-hybridized carbons (Fsp3) is 0.412. The van der Waals surface area contributed by atoms with Gasteiger partial charge in [0.25, 0.3) is 5.91 Å². The van der Waals surface area contributed by atoms with Gasteiger partial charge in [-0.25, -0.2) is 0 Å². The molecule has 1 aromatic carbocycles. The molecule has 3 rings (SSSR count). The summed E-state index contributed by atoms with van der Waals surface area (Å²) >= 11 is 11.9. The minimum absolute atomic E-state index is 0.101. The van der Waals surface area contributed by atoms with Crippen LogP contribution in [0, 0.1) is 0 Å². The van der Waals surface area contributed by atoms with E-state index < -0.39 is 0 Å². The van der Waals surface area contributed by atoms with E-state index in [1.807, 2.05) is 6.07 Å². The second kappa shape index (κ2) is 7.37. The van der Waals surface area contributed by atoms with Crippen LogP contribution in [0.2, 0.25) is 10.0 Å². The highest BCUT2D eigenvalue weighted by atomic mass is 35.5. The van der Waals surface area contributed by atoms with Crippen molar-refractivity contribution in [1.29, 1.82) is 0 Å². The zero-order chi connectivity index (χ0) is 16.2. The average molecular weight is 352 g/mol. The summed E-state index contributed by atoms with van der Waals surface area (Å²) in [6.45, 7) is 0. The SMILES string of the molecule is O=C(NC1CCCCCC1)c1cc(-c2ccc(Cl)c(Cl)c2)n[nH]1. The van der Waals surface area contributed by atoms with Crippen LogP contribution < -0.4 is 5.32 Å². The van der Waals surface area contributed by atoms with E-state index in [-0.39, 0.29) is 11.9 Å². The Morgan fingerprint density at radius 3 is 2.52 bits per heavy atom. The van der Waals surface area contributed by atoms with Crippen molar-refractivity contribution in [3.63, 3.8) is 0 Å². The summed E-state index contributed by atoms with van der Waals surface area (Å²) in [7, 11) is 0. The van der Waals surface area contributed by atoms with Gasteiger partial charge in [0.2, 0.25) is 0 Å². The van der Waals surface area contributed by atoms with Crippen LogP contribution in [0.15, 0.2) is 24.3 Å². The van der Waals surface area contributed by atoms with Gasteiger partial charge in [-0.3, -0.25) is 9.89 Å². The number of halogens is 2. The van der Waals surface area contributed by atoms with Crippen LogP contribution in [-0.2, 0) is 0 Å². The Kier molecular flexibility index (Phi) is 5.23. The highest BCUT2D eigenvalue weighted by Gasteiger charge is 2.17. The van der Waals surface area contributed by atoms with Gasteiger partial charge in [-0.05, 0) is 31.0 Å². The van der Waals surface area contributed by atoms with Crippen molar-refractivity contribution in [3.05, 3.63) is 40.0 Å². The van der Waals surface area contributed by atoms with Crippen molar-refractivity contribution in [2.24, 2.45) is 0 Å². The molecule has 6 heteroatoms. The molecule has 2 aromatic rings. The molecule has 1 saturated carbocycles. The second-order valence-electron chi connectivity index (χ2n) is 5.96. The number of aromatic nitrogens is 2. The number of carbonyl (C=O) groups is 1. The van der Waals surface area contributed by atoms with Crippen LogP contribution in [0.3, 0.4) is 0 Å². The van der Waals surface area contributed by atoms with Crippen molar-refractivity contribution < 1.29 is 4.79 Å². The first-order chi connectivity index (χ1) is 11.1. The fourth-order valence-electron chi connectivity index (χ4n) is 2.93. The number of nitrogens with zero attached hydrogens (tertiary/aromatic N) is 1. The van der Waals surface area contributed by atoms with Crippen molar-refractivity contribution >= 4 is 29.1 Å². The summed E-state index contributed by atoms with van der Waals surface area (Å²) in [6.07, 6.45) is 7.00. The van der Waals surface area contributed by atoms with E-state index >= 15 is 0 Å². The molecule has 0 aliphatic heterocycles. The molecule has 1 heterocycles. The Balaban J connectivity index is 1.70. The second-order valence-corrected chi connectivity index (χ2v) is 6.77. The monoisotopic (exact) mass is 351 g/mol. The summed E-state index contributed by atoms with van der Waals surface area (Å²) in [5.41, 5.74) is 1.97. The molecule has 4 nitrogen and oxygen atoms in total. The molecule has 0 bridgehead atoms. The molecule has 0 radical (unpaired) electrons. The van der Waals surface area contributed by atoms with Crippen LogP contribution in [0.1, 0.15) is 49.0 Å². The van der Waals surface area contributed by atoms with Crippen LogP contribution in [0.4, 0.5) is 0 Å². The van der Waals surface area contributed by atoms with Crippen molar-refractivity contribution in [3.8, 4) is 11.3 Å². The molecule has 0 saturated heterocycles. The van der Waals surface area contributed by atoms with Crippen molar-refractivity contribution in [2.75, 3.05) is 0 Å². The van der Waals surface area contributed by atoms with Crippen LogP contribution in [-0.4, -0.2) is 22.1 Å². The normalized spacial score (nSPS) is 16.1. The number of hydrogen-bond acceptors (Lipinski definition) is 2. The molecule has 1 aromatic heterocycles. The third-order valence-electron chi connectivity index (χ3n) is 4.23. The summed E-state index contributed by atoms with van der Waals surface area (Å²) < 4.78 is 0. The van der Waals surface area contributed by atoms with Gasteiger partial charge in [0, 0.05) is 11.6 Å². The van der Waals surface area contributed by atoms with Crippen LogP contribution >= 0.6 is 23.2 Å². The zero-order valence-electron chi connectivity index (χ0n) is 12.7. The van der Waals surface area contributed by atoms with Gasteiger partial charge < -0.3 is 5.32 Å². The van der Waals surface area contributed by atoms with E-state index in [0.29, 0.717) is 21.4 Å². The van der Waals surface area contributed by atoms with Gasteiger partial charge in [-0.15, -0.1) is 0 Å². The number of H-pyrrole nitrogens is 1. The molecule has 23 heavy (non-hydrogen) atoms. The first kappa shape index (κ1) is 16.3. The smallest absolute Gasteiger partial charge is 0.269 e. The average Bonchev–Trinajstić information content (AvgIpc) is 2.90. The predicted molar refractivity (Wildman–Crippen MR) is 93.0 cm³/mol. The lowest BCUT2D eigenvalue weighted by Gasteiger charge is -2.15. The first-order valence-electron chi connectivity index (χ1n) is 7.95. The number of benzene rings is 1. The lowest BCUT2D eigenvalue weighted by molar-refractivity contribution is 0.0928. The molecule has 1 aliphatic rings. The number of rotatable bonds is 3. The summed E-state index contributed by atoms with van der Waals surface area (Å²) in [4.78, 5) is 12.4. The molecule has 0 atom stereocenters. The Bertz CT molecular complexity index is 691. The Labute approximate surface area is 145 Å². The number of hydrogen-bond donors (Lipinski definition) is 2. The molecule has 1 fully saturated rings.